The largest absolute Gasteiger partial charge is 0.496 e. The van der Waals surface area contributed by atoms with Crippen LogP contribution in [0.5, 0.6) is 17.2 Å². The first kappa shape index (κ1) is 14.7. The minimum atomic E-state index is -0.941. The first-order chi connectivity index (χ1) is 13.3. The molecule has 1 atom stereocenters. The zero-order valence-electron chi connectivity index (χ0n) is 14.7. The fourth-order valence-electron chi connectivity index (χ4n) is 4.24. The molecule has 4 aromatic carbocycles. The molecule has 0 amide bonds. The van der Waals surface area contributed by atoms with Gasteiger partial charge in [0.2, 0.25) is 0 Å². The summed E-state index contributed by atoms with van der Waals surface area (Å²) in [5, 5.41) is 4.45. The van der Waals surface area contributed by atoms with Gasteiger partial charge in [-0.3, -0.25) is 0 Å². The molecule has 0 aliphatic carbocycles. The zero-order valence-corrected chi connectivity index (χ0v) is 14.7. The van der Waals surface area contributed by atoms with Crippen LogP contribution < -0.4 is 14.2 Å². The standard InChI is InChI=1S/C24H16O3/c1-25-20-12-10-19-23-18(20)7-4-8-22(23)27-24(19)14-13-17-16-6-3-2-5-15(16)9-11-21(17)26-24/h2-14H,1H3/t24-/m1/s1. The Balaban J connectivity index is 1.57. The van der Waals surface area contributed by atoms with Gasteiger partial charge < -0.3 is 14.2 Å². The van der Waals surface area contributed by atoms with E-state index in [9.17, 15) is 0 Å². The molecule has 0 unspecified atom stereocenters. The quantitative estimate of drug-likeness (QED) is 0.443. The van der Waals surface area contributed by atoms with Gasteiger partial charge in [-0.05, 0) is 41.1 Å². The van der Waals surface area contributed by atoms with Crippen molar-refractivity contribution in [2.24, 2.45) is 0 Å². The van der Waals surface area contributed by atoms with Crippen molar-refractivity contribution in [1.29, 1.82) is 0 Å². The van der Waals surface area contributed by atoms with Crippen LogP contribution in [0, 0.1) is 0 Å². The van der Waals surface area contributed by atoms with Gasteiger partial charge in [0.1, 0.15) is 17.2 Å². The van der Waals surface area contributed by atoms with Crippen LogP contribution in [-0.2, 0) is 5.79 Å². The predicted molar refractivity (Wildman–Crippen MR) is 106 cm³/mol. The predicted octanol–water partition coefficient (Wildman–Crippen LogP) is 5.65. The number of hydrogen-bond donors (Lipinski definition) is 0. The van der Waals surface area contributed by atoms with Crippen LogP contribution >= 0.6 is 0 Å². The molecule has 2 heterocycles. The van der Waals surface area contributed by atoms with E-state index in [4.69, 9.17) is 14.2 Å². The Morgan fingerprint density at radius 3 is 2.56 bits per heavy atom. The third-order valence-electron chi connectivity index (χ3n) is 5.48. The summed E-state index contributed by atoms with van der Waals surface area (Å²) >= 11 is 0. The molecule has 27 heavy (non-hydrogen) atoms. The maximum absolute atomic E-state index is 6.48. The van der Waals surface area contributed by atoms with E-state index in [-0.39, 0.29) is 0 Å². The highest BCUT2D eigenvalue weighted by Crippen LogP contribution is 2.51. The van der Waals surface area contributed by atoms with E-state index in [1.165, 1.54) is 10.8 Å². The van der Waals surface area contributed by atoms with Crippen molar-refractivity contribution in [1.82, 2.24) is 0 Å². The summed E-state index contributed by atoms with van der Waals surface area (Å²) in [5.41, 5.74) is 2.09. The average Bonchev–Trinajstić information content (AvgIpc) is 3.02. The third-order valence-corrected chi connectivity index (χ3v) is 5.48. The number of fused-ring (bicyclic) bond motifs is 4. The van der Waals surface area contributed by atoms with Crippen LogP contribution in [0.2, 0.25) is 0 Å². The van der Waals surface area contributed by atoms with Crippen LogP contribution in [0.4, 0.5) is 0 Å². The first-order valence-corrected chi connectivity index (χ1v) is 8.98. The van der Waals surface area contributed by atoms with Gasteiger partial charge in [-0.2, -0.15) is 0 Å². The fraction of sp³-hybridized carbons (Fsp3) is 0.0833. The van der Waals surface area contributed by atoms with E-state index in [1.807, 2.05) is 36.4 Å². The molecule has 4 aromatic rings. The molecule has 2 aliphatic rings. The molecule has 0 fully saturated rings. The van der Waals surface area contributed by atoms with Gasteiger partial charge in [0.15, 0.2) is 0 Å². The molecule has 130 valence electrons. The van der Waals surface area contributed by atoms with Gasteiger partial charge >= 0.3 is 0 Å². The zero-order chi connectivity index (χ0) is 18.0. The molecule has 0 N–H and O–H groups in total. The van der Waals surface area contributed by atoms with Crippen molar-refractivity contribution in [2.75, 3.05) is 7.11 Å². The second-order valence-electron chi connectivity index (χ2n) is 6.90. The Morgan fingerprint density at radius 1 is 0.778 bits per heavy atom. The molecular weight excluding hydrogens is 336 g/mol. The summed E-state index contributed by atoms with van der Waals surface area (Å²) in [6.45, 7) is 0. The minimum Gasteiger partial charge on any atom is -0.496 e. The highest BCUT2D eigenvalue weighted by molar-refractivity contribution is 5.99. The third kappa shape index (κ3) is 1.86. The Hall–Kier alpha value is -3.46. The van der Waals surface area contributed by atoms with Crippen molar-refractivity contribution < 1.29 is 14.2 Å². The fourth-order valence-corrected chi connectivity index (χ4v) is 4.24. The van der Waals surface area contributed by atoms with Gasteiger partial charge in [-0.25, -0.2) is 0 Å². The van der Waals surface area contributed by atoms with E-state index in [1.54, 1.807) is 7.11 Å². The summed E-state index contributed by atoms with van der Waals surface area (Å²) in [4.78, 5) is 0. The second kappa shape index (κ2) is 5.04. The summed E-state index contributed by atoms with van der Waals surface area (Å²) in [6, 6.07) is 22.5. The number of rotatable bonds is 1. The van der Waals surface area contributed by atoms with Gasteiger partial charge in [-0.15, -0.1) is 0 Å². The Morgan fingerprint density at radius 2 is 1.63 bits per heavy atom. The summed E-state index contributed by atoms with van der Waals surface area (Å²) < 4.78 is 18.4. The SMILES string of the molecule is COc1ccc2c3c(cccc13)O[C@]21C=Cc2c(ccc3ccccc23)O1. The highest BCUT2D eigenvalue weighted by Gasteiger charge is 2.44. The van der Waals surface area contributed by atoms with E-state index in [0.717, 1.165) is 39.1 Å². The summed E-state index contributed by atoms with van der Waals surface area (Å²) in [6.07, 6.45) is 4.13. The first-order valence-electron chi connectivity index (χ1n) is 8.98. The average molecular weight is 352 g/mol. The lowest BCUT2D eigenvalue weighted by Gasteiger charge is -2.32. The van der Waals surface area contributed by atoms with Crippen molar-refractivity contribution >= 4 is 27.6 Å². The number of benzene rings is 4. The van der Waals surface area contributed by atoms with Crippen LogP contribution in [0.25, 0.3) is 27.6 Å². The van der Waals surface area contributed by atoms with Crippen molar-refractivity contribution in [2.45, 2.75) is 5.79 Å². The lowest BCUT2D eigenvalue weighted by Crippen LogP contribution is -2.36. The molecule has 0 aromatic heterocycles. The molecule has 0 radical (unpaired) electrons. The number of ether oxygens (including phenoxy) is 3. The molecule has 2 aliphatic heterocycles. The Kier molecular flexibility index (Phi) is 2.74. The molecule has 0 saturated heterocycles. The second-order valence-corrected chi connectivity index (χ2v) is 6.90. The van der Waals surface area contributed by atoms with Gasteiger partial charge in [0.05, 0.1) is 12.7 Å². The van der Waals surface area contributed by atoms with Crippen molar-refractivity contribution in [3.05, 3.63) is 83.9 Å². The lowest BCUT2D eigenvalue weighted by molar-refractivity contribution is -0.0683. The van der Waals surface area contributed by atoms with Crippen molar-refractivity contribution in [3.63, 3.8) is 0 Å². The number of methoxy groups -OCH3 is 1. The number of hydrogen-bond acceptors (Lipinski definition) is 3. The van der Waals surface area contributed by atoms with E-state index < -0.39 is 5.79 Å². The van der Waals surface area contributed by atoms with E-state index in [2.05, 4.69) is 42.5 Å². The topological polar surface area (TPSA) is 27.7 Å². The molecular formula is C24H16O3. The maximum atomic E-state index is 6.48. The van der Waals surface area contributed by atoms with Gasteiger partial charge in [-0.1, -0.05) is 42.5 Å². The van der Waals surface area contributed by atoms with Crippen LogP contribution in [-0.4, -0.2) is 7.11 Å². The van der Waals surface area contributed by atoms with Crippen LogP contribution in [0.3, 0.4) is 0 Å². The van der Waals surface area contributed by atoms with Crippen molar-refractivity contribution in [3.8, 4) is 17.2 Å². The Bertz CT molecular complexity index is 1270. The van der Waals surface area contributed by atoms with E-state index >= 15 is 0 Å². The van der Waals surface area contributed by atoms with Crippen LogP contribution in [0.15, 0.2) is 72.8 Å². The smallest absolute Gasteiger partial charge is 0.299 e. The Labute approximate surface area is 156 Å². The summed E-state index contributed by atoms with van der Waals surface area (Å²) in [7, 11) is 1.69. The molecule has 3 nitrogen and oxygen atoms in total. The van der Waals surface area contributed by atoms with Gasteiger partial charge in [0, 0.05) is 22.4 Å². The molecule has 6 rings (SSSR count). The normalized spacial score (nSPS) is 19.1. The summed E-state index contributed by atoms with van der Waals surface area (Å²) in [5.74, 6) is 1.54. The lowest BCUT2D eigenvalue weighted by atomic mass is 9.95. The van der Waals surface area contributed by atoms with Crippen LogP contribution in [0.1, 0.15) is 11.1 Å². The molecule has 0 saturated carbocycles. The maximum Gasteiger partial charge on any atom is 0.299 e. The highest BCUT2D eigenvalue weighted by atomic mass is 16.7. The van der Waals surface area contributed by atoms with Gasteiger partial charge in [0.25, 0.3) is 5.79 Å². The molecule has 0 bridgehead atoms. The monoisotopic (exact) mass is 352 g/mol. The van der Waals surface area contributed by atoms with E-state index in [0.29, 0.717) is 0 Å². The molecule has 1 spiro atoms. The minimum absolute atomic E-state index is 0.815. The molecule has 3 heteroatoms.